The highest BCUT2D eigenvalue weighted by Gasteiger charge is 2.15. The van der Waals surface area contributed by atoms with E-state index in [0.29, 0.717) is 13.2 Å². The molecule has 4 aromatic heterocycles. The fraction of sp³-hybridized carbons (Fsp3) is 0.300. The fourth-order valence-electron chi connectivity index (χ4n) is 3.23. The standard InChI is InChI=1S/C20H23N7O/c1-4-27-20-17(22-9-14-10-23-26(3)13-14)8-16(25-18(20)12-24-27)15-11-21-7-6-19(15)28-5-2/h6-8,10-13H,4-5,9H2,1-3H3,(H,22,25). The summed E-state index contributed by atoms with van der Waals surface area (Å²) in [5.41, 5.74) is 5.55. The molecule has 4 aromatic rings. The SMILES string of the molecule is CCOc1ccncc1-c1cc(NCc2cnn(C)c2)c2c(cnn2CC)n1. The van der Waals surface area contributed by atoms with Crippen LogP contribution in [-0.4, -0.2) is 36.1 Å². The maximum absolute atomic E-state index is 5.77. The first-order valence-electron chi connectivity index (χ1n) is 9.34. The Labute approximate surface area is 163 Å². The molecule has 0 bridgehead atoms. The molecule has 1 N–H and O–H groups in total. The van der Waals surface area contributed by atoms with E-state index in [4.69, 9.17) is 9.72 Å². The Morgan fingerprint density at radius 3 is 2.79 bits per heavy atom. The Bertz CT molecular complexity index is 1100. The lowest BCUT2D eigenvalue weighted by Crippen LogP contribution is -2.04. The lowest BCUT2D eigenvalue weighted by atomic mass is 10.1. The molecule has 0 amide bonds. The predicted octanol–water partition coefficient (Wildman–Crippen LogP) is 3.26. The van der Waals surface area contributed by atoms with Gasteiger partial charge in [0.2, 0.25) is 0 Å². The van der Waals surface area contributed by atoms with E-state index >= 15 is 0 Å². The highest BCUT2D eigenvalue weighted by atomic mass is 16.5. The van der Waals surface area contributed by atoms with Gasteiger partial charge in [0, 0.05) is 44.3 Å². The Kier molecular flexibility index (Phi) is 4.92. The van der Waals surface area contributed by atoms with E-state index in [0.717, 1.165) is 45.8 Å². The molecule has 8 heteroatoms. The number of ether oxygens (including phenoxy) is 1. The molecule has 0 aliphatic rings. The summed E-state index contributed by atoms with van der Waals surface area (Å²) in [5.74, 6) is 0.769. The van der Waals surface area contributed by atoms with Gasteiger partial charge >= 0.3 is 0 Å². The summed E-state index contributed by atoms with van der Waals surface area (Å²) in [6.45, 7) is 6.04. The topological polar surface area (TPSA) is 82.7 Å². The van der Waals surface area contributed by atoms with Gasteiger partial charge in [-0.1, -0.05) is 0 Å². The van der Waals surface area contributed by atoms with Gasteiger partial charge in [0.1, 0.15) is 16.8 Å². The molecule has 28 heavy (non-hydrogen) atoms. The maximum atomic E-state index is 5.77. The van der Waals surface area contributed by atoms with Crippen molar-refractivity contribution in [3.63, 3.8) is 0 Å². The number of anilines is 1. The van der Waals surface area contributed by atoms with Crippen molar-refractivity contribution in [2.75, 3.05) is 11.9 Å². The number of hydrogen-bond acceptors (Lipinski definition) is 6. The molecule has 144 valence electrons. The molecule has 0 saturated heterocycles. The summed E-state index contributed by atoms with van der Waals surface area (Å²) < 4.78 is 9.51. The van der Waals surface area contributed by atoms with E-state index in [1.165, 1.54) is 0 Å². The van der Waals surface area contributed by atoms with E-state index in [-0.39, 0.29) is 0 Å². The number of rotatable bonds is 7. The van der Waals surface area contributed by atoms with Crippen molar-refractivity contribution in [2.24, 2.45) is 7.05 Å². The average Bonchev–Trinajstić information content (AvgIpc) is 3.32. The lowest BCUT2D eigenvalue weighted by Gasteiger charge is -2.13. The zero-order valence-corrected chi connectivity index (χ0v) is 16.3. The number of nitrogens with zero attached hydrogens (tertiary/aromatic N) is 6. The van der Waals surface area contributed by atoms with Crippen LogP contribution < -0.4 is 10.1 Å². The first-order chi connectivity index (χ1) is 13.7. The molecule has 8 nitrogen and oxygen atoms in total. The van der Waals surface area contributed by atoms with Crippen molar-refractivity contribution < 1.29 is 4.74 Å². The molecular weight excluding hydrogens is 354 g/mol. The fourth-order valence-corrected chi connectivity index (χ4v) is 3.23. The van der Waals surface area contributed by atoms with Crippen LogP contribution in [0.5, 0.6) is 5.75 Å². The summed E-state index contributed by atoms with van der Waals surface area (Å²) in [7, 11) is 1.91. The van der Waals surface area contributed by atoms with Crippen LogP contribution in [0.2, 0.25) is 0 Å². The van der Waals surface area contributed by atoms with Gasteiger partial charge < -0.3 is 10.1 Å². The van der Waals surface area contributed by atoms with Gasteiger partial charge in [-0.05, 0) is 26.0 Å². The number of aryl methyl sites for hydroxylation is 2. The van der Waals surface area contributed by atoms with Gasteiger partial charge in [0.25, 0.3) is 0 Å². The van der Waals surface area contributed by atoms with E-state index in [1.807, 2.05) is 43.2 Å². The number of aromatic nitrogens is 6. The third kappa shape index (κ3) is 3.40. The summed E-state index contributed by atoms with van der Waals surface area (Å²) in [5, 5.41) is 12.2. The summed E-state index contributed by atoms with van der Waals surface area (Å²) in [6, 6.07) is 3.90. The largest absolute Gasteiger partial charge is 0.493 e. The van der Waals surface area contributed by atoms with Crippen molar-refractivity contribution in [1.82, 2.24) is 29.5 Å². The minimum Gasteiger partial charge on any atom is -0.493 e. The first kappa shape index (κ1) is 18.0. The van der Waals surface area contributed by atoms with Crippen LogP contribution in [0, 0.1) is 0 Å². The second kappa shape index (κ2) is 7.67. The zero-order chi connectivity index (χ0) is 19.5. The van der Waals surface area contributed by atoms with E-state index in [9.17, 15) is 0 Å². The first-order valence-corrected chi connectivity index (χ1v) is 9.34. The molecule has 0 saturated carbocycles. The Morgan fingerprint density at radius 1 is 1.14 bits per heavy atom. The minimum absolute atomic E-state index is 0.582. The van der Waals surface area contributed by atoms with Crippen molar-refractivity contribution in [2.45, 2.75) is 26.9 Å². The predicted molar refractivity (Wildman–Crippen MR) is 108 cm³/mol. The number of fused-ring (bicyclic) bond motifs is 1. The quantitative estimate of drug-likeness (QED) is 0.532. The van der Waals surface area contributed by atoms with Crippen molar-refractivity contribution in [1.29, 1.82) is 0 Å². The van der Waals surface area contributed by atoms with Crippen molar-refractivity contribution >= 4 is 16.7 Å². The van der Waals surface area contributed by atoms with Crippen LogP contribution >= 0.6 is 0 Å². The molecule has 4 heterocycles. The zero-order valence-electron chi connectivity index (χ0n) is 16.3. The highest BCUT2D eigenvalue weighted by Crippen LogP contribution is 2.33. The van der Waals surface area contributed by atoms with E-state index in [1.54, 1.807) is 23.3 Å². The van der Waals surface area contributed by atoms with Gasteiger partial charge in [0.15, 0.2) is 0 Å². The third-order valence-corrected chi connectivity index (χ3v) is 4.49. The normalized spacial score (nSPS) is 11.1. The average molecular weight is 377 g/mol. The maximum Gasteiger partial charge on any atom is 0.131 e. The van der Waals surface area contributed by atoms with Crippen LogP contribution in [0.25, 0.3) is 22.3 Å². The summed E-state index contributed by atoms with van der Waals surface area (Å²) >= 11 is 0. The van der Waals surface area contributed by atoms with Gasteiger partial charge in [-0.25, -0.2) is 4.98 Å². The van der Waals surface area contributed by atoms with Crippen molar-refractivity contribution in [3.8, 4) is 17.0 Å². The van der Waals surface area contributed by atoms with Gasteiger partial charge in [-0.3, -0.25) is 14.3 Å². The third-order valence-electron chi connectivity index (χ3n) is 4.49. The molecule has 0 unspecified atom stereocenters. The molecule has 0 fully saturated rings. The number of pyridine rings is 2. The van der Waals surface area contributed by atoms with Crippen molar-refractivity contribution in [3.05, 3.63) is 48.7 Å². The molecule has 0 atom stereocenters. The molecule has 0 spiro atoms. The molecular formula is C20H23N7O. The Hall–Kier alpha value is -3.42. The van der Waals surface area contributed by atoms with Gasteiger partial charge in [-0.15, -0.1) is 0 Å². The smallest absolute Gasteiger partial charge is 0.131 e. The van der Waals surface area contributed by atoms with E-state index < -0.39 is 0 Å². The van der Waals surface area contributed by atoms with Crippen LogP contribution in [-0.2, 0) is 20.1 Å². The van der Waals surface area contributed by atoms with Crippen LogP contribution in [0.1, 0.15) is 19.4 Å². The van der Waals surface area contributed by atoms with Gasteiger partial charge in [-0.2, -0.15) is 10.2 Å². The summed E-state index contributed by atoms with van der Waals surface area (Å²) in [6.07, 6.45) is 9.17. The molecule has 0 radical (unpaired) electrons. The van der Waals surface area contributed by atoms with Crippen LogP contribution in [0.4, 0.5) is 5.69 Å². The molecule has 4 rings (SSSR count). The lowest BCUT2D eigenvalue weighted by molar-refractivity contribution is 0.341. The highest BCUT2D eigenvalue weighted by molar-refractivity contribution is 5.91. The molecule has 0 aromatic carbocycles. The van der Waals surface area contributed by atoms with Gasteiger partial charge in [0.05, 0.1) is 35.9 Å². The Balaban J connectivity index is 1.79. The number of nitrogens with one attached hydrogen (secondary N) is 1. The minimum atomic E-state index is 0.582. The van der Waals surface area contributed by atoms with Crippen LogP contribution in [0.15, 0.2) is 43.1 Å². The summed E-state index contributed by atoms with van der Waals surface area (Å²) in [4.78, 5) is 9.08. The molecule has 0 aliphatic carbocycles. The molecule has 0 aliphatic heterocycles. The monoisotopic (exact) mass is 377 g/mol. The Morgan fingerprint density at radius 2 is 2.04 bits per heavy atom. The second-order valence-corrected chi connectivity index (χ2v) is 6.43. The second-order valence-electron chi connectivity index (χ2n) is 6.43. The van der Waals surface area contributed by atoms with E-state index in [2.05, 4.69) is 27.4 Å². The van der Waals surface area contributed by atoms with Crippen LogP contribution in [0.3, 0.4) is 0 Å². The number of hydrogen-bond donors (Lipinski definition) is 1.